The van der Waals surface area contributed by atoms with Gasteiger partial charge in [0.15, 0.2) is 0 Å². The minimum absolute atomic E-state index is 0.106. The fourth-order valence-corrected chi connectivity index (χ4v) is 2.97. The molecule has 4 heteroatoms. The largest absolute Gasteiger partial charge is 0.396 e. The third-order valence-electron chi connectivity index (χ3n) is 4.33. The maximum atomic E-state index is 12.9. The van der Waals surface area contributed by atoms with Crippen molar-refractivity contribution in [2.75, 3.05) is 19.7 Å². The first-order valence-corrected chi connectivity index (χ1v) is 7.74. The van der Waals surface area contributed by atoms with E-state index in [0.717, 1.165) is 37.9 Å². The van der Waals surface area contributed by atoms with Crippen molar-refractivity contribution in [1.29, 1.82) is 0 Å². The molecule has 0 aliphatic carbocycles. The first kappa shape index (κ1) is 16.0. The molecular weight excluding hydrogens is 269 g/mol. The smallest absolute Gasteiger partial charge is 0.223 e. The van der Waals surface area contributed by atoms with E-state index in [1.807, 2.05) is 11.8 Å². The molecule has 1 saturated heterocycles. The van der Waals surface area contributed by atoms with E-state index in [1.54, 1.807) is 12.1 Å². The van der Waals surface area contributed by atoms with E-state index >= 15 is 0 Å². The first-order valence-electron chi connectivity index (χ1n) is 7.74. The summed E-state index contributed by atoms with van der Waals surface area (Å²) in [6.45, 7) is 3.87. The van der Waals surface area contributed by atoms with Gasteiger partial charge in [-0.2, -0.15) is 0 Å². The maximum absolute atomic E-state index is 12.9. The molecule has 1 aromatic carbocycles. The number of hydrogen-bond donors (Lipinski definition) is 1. The van der Waals surface area contributed by atoms with Crippen LogP contribution in [-0.2, 0) is 4.79 Å². The molecule has 1 aliphatic rings. The number of rotatable bonds is 6. The van der Waals surface area contributed by atoms with Gasteiger partial charge >= 0.3 is 0 Å². The molecule has 0 bridgehead atoms. The van der Waals surface area contributed by atoms with Crippen molar-refractivity contribution >= 4 is 5.91 Å². The molecule has 0 radical (unpaired) electrons. The monoisotopic (exact) mass is 293 g/mol. The van der Waals surface area contributed by atoms with E-state index in [1.165, 1.54) is 12.1 Å². The van der Waals surface area contributed by atoms with Crippen molar-refractivity contribution in [3.63, 3.8) is 0 Å². The third-order valence-corrected chi connectivity index (χ3v) is 4.33. The lowest BCUT2D eigenvalue weighted by Crippen LogP contribution is -2.29. The highest BCUT2D eigenvalue weighted by Gasteiger charge is 2.26. The van der Waals surface area contributed by atoms with Crippen molar-refractivity contribution < 1.29 is 14.3 Å². The van der Waals surface area contributed by atoms with Gasteiger partial charge in [-0.05, 0) is 48.8 Å². The second-order valence-electron chi connectivity index (χ2n) is 6.02. The molecule has 0 aromatic heterocycles. The van der Waals surface area contributed by atoms with Crippen LogP contribution in [0.25, 0.3) is 0 Å². The van der Waals surface area contributed by atoms with Crippen molar-refractivity contribution in [2.45, 2.75) is 38.5 Å². The molecule has 1 aromatic rings. The summed E-state index contributed by atoms with van der Waals surface area (Å²) in [5.41, 5.74) is 1.00. The number of likely N-dealkylation sites (tertiary alicyclic amines) is 1. The molecule has 1 amide bonds. The van der Waals surface area contributed by atoms with Crippen LogP contribution in [0.2, 0.25) is 0 Å². The third kappa shape index (κ3) is 4.53. The average Bonchev–Trinajstić information content (AvgIpc) is 2.94. The molecular formula is C17H24FNO2. The molecule has 2 atom stereocenters. The van der Waals surface area contributed by atoms with Crippen molar-refractivity contribution in [3.8, 4) is 0 Å². The van der Waals surface area contributed by atoms with E-state index in [9.17, 15) is 9.18 Å². The van der Waals surface area contributed by atoms with Crippen LogP contribution in [0.1, 0.15) is 44.1 Å². The summed E-state index contributed by atoms with van der Waals surface area (Å²) in [6, 6.07) is 6.39. The van der Waals surface area contributed by atoms with Gasteiger partial charge in [0.05, 0.1) is 0 Å². The number of nitrogens with zero attached hydrogens (tertiary/aromatic N) is 1. The summed E-state index contributed by atoms with van der Waals surface area (Å²) in [5.74, 6) is 0.568. The van der Waals surface area contributed by atoms with Gasteiger partial charge in [0, 0.05) is 26.1 Å². The van der Waals surface area contributed by atoms with E-state index in [-0.39, 0.29) is 24.2 Å². The highest BCUT2D eigenvalue weighted by molar-refractivity contribution is 5.77. The Hall–Kier alpha value is -1.42. The molecule has 1 N–H and O–H groups in total. The summed E-state index contributed by atoms with van der Waals surface area (Å²) in [4.78, 5) is 14.3. The molecule has 2 unspecified atom stereocenters. The summed E-state index contributed by atoms with van der Waals surface area (Å²) < 4.78 is 12.9. The van der Waals surface area contributed by atoms with Gasteiger partial charge in [0.1, 0.15) is 5.82 Å². The molecule has 2 rings (SSSR count). The topological polar surface area (TPSA) is 40.5 Å². The fourth-order valence-electron chi connectivity index (χ4n) is 2.97. The number of carbonyl (C=O) groups is 1. The summed E-state index contributed by atoms with van der Waals surface area (Å²) in [6.07, 6.45) is 3.32. The molecule has 1 aliphatic heterocycles. The second kappa shape index (κ2) is 7.55. The van der Waals surface area contributed by atoms with Gasteiger partial charge in [-0.3, -0.25) is 4.79 Å². The van der Waals surface area contributed by atoms with Crippen molar-refractivity contribution in [1.82, 2.24) is 4.90 Å². The van der Waals surface area contributed by atoms with Gasteiger partial charge < -0.3 is 10.0 Å². The van der Waals surface area contributed by atoms with E-state index in [0.29, 0.717) is 12.3 Å². The Morgan fingerprint density at radius 2 is 2.14 bits per heavy atom. The van der Waals surface area contributed by atoms with E-state index < -0.39 is 0 Å². The van der Waals surface area contributed by atoms with Gasteiger partial charge in [-0.25, -0.2) is 4.39 Å². The van der Waals surface area contributed by atoms with Crippen LogP contribution < -0.4 is 0 Å². The van der Waals surface area contributed by atoms with Gasteiger partial charge in [0.25, 0.3) is 0 Å². The zero-order valence-electron chi connectivity index (χ0n) is 12.6. The lowest BCUT2D eigenvalue weighted by molar-refractivity contribution is -0.130. The zero-order chi connectivity index (χ0) is 15.2. The summed E-state index contributed by atoms with van der Waals surface area (Å²) in [5, 5.41) is 8.86. The first-order chi connectivity index (χ1) is 10.1. The van der Waals surface area contributed by atoms with Crippen LogP contribution in [0, 0.1) is 11.7 Å². The van der Waals surface area contributed by atoms with Gasteiger partial charge in [0.2, 0.25) is 5.91 Å². The van der Waals surface area contributed by atoms with Crippen molar-refractivity contribution in [3.05, 3.63) is 35.6 Å². The highest BCUT2D eigenvalue weighted by atomic mass is 19.1. The van der Waals surface area contributed by atoms with Crippen LogP contribution in [0.3, 0.4) is 0 Å². The van der Waals surface area contributed by atoms with Gasteiger partial charge in [-0.1, -0.05) is 19.1 Å². The number of carbonyl (C=O) groups excluding carboxylic acids is 1. The standard InChI is InChI=1S/C17H24FNO2/c1-13(15-4-6-16(18)7-5-15)11-17(21)19-9-8-14(12-19)3-2-10-20/h4-7,13-14,20H,2-3,8-12H2,1H3. The molecule has 0 saturated carbocycles. The van der Waals surface area contributed by atoms with Crippen LogP contribution in [-0.4, -0.2) is 35.6 Å². The molecule has 3 nitrogen and oxygen atoms in total. The fraction of sp³-hybridized carbons (Fsp3) is 0.588. The molecule has 0 spiro atoms. The minimum Gasteiger partial charge on any atom is -0.396 e. The second-order valence-corrected chi connectivity index (χ2v) is 6.02. The molecule has 1 fully saturated rings. The van der Waals surface area contributed by atoms with E-state index in [2.05, 4.69) is 0 Å². The summed E-state index contributed by atoms with van der Waals surface area (Å²) >= 11 is 0. The molecule has 21 heavy (non-hydrogen) atoms. The SMILES string of the molecule is CC(CC(=O)N1CCC(CCCO)C1)c1ccc(F)cc1. The number of aliphatic hydroxyl groups excluding tert-OH is 1. The van der Waals surface area contributed by atoms with Gasteiger partial charge in [-0.15, -0.1) is 0 Å². The van der Waals surface area contributed by atoms with Crippen LogP contribution in [0.4, 0.5) is 4.39 Å². The lowest BCUT2D eigenvalue weighted by atomic mass is 9.97. The Morgan fingerprint density at radius 3 is 2.81 bits per heavy atom. The maximum Gasteiger partial charge on any atom is 0.223 e. The number of halogens is 1. The molecule has 1 heterocycles. The normalized spacial score (nSPS) is 19.8. The predicted molar refractivity (Wildman–Crippen MR) is 80.4 cm³/mol. The average molecular weight is 293 g/mol. The number of benzene rings is 1. The number of hydrogen-bond acceptors (Lipinski definition) is 2. The Morgan fingerprint density at radius 1 is 1.43 bits per heavy atom. The number of amides is 1. The molecule has 116 valence electrons. The highest BCUT2D eigenvalue weighted by Crippen LogP contribution is 2.25. The Balaban J connectivity index is 1.83. The zero-order valence-corrected chi connectivity index (χ0v) is 12.6. The van der Waals surface area contributed by atoms with Crippen LogP contribution in [0.15, 0.2) is 24.3 Å². The Bertz CT molecular complexity index is 460. The minimum atomic E-state index is -0.247. The van der Waals surface area contributed by atoms with Crippen LogP contribution >= 0.6 is 0 Å². The predicted octanol–water partition coefficient (Wildman–Crippen LogP) is 2.94. The van der Waals surface area contributed by atoms with Crippen LogP contribution in [0.5, 0.6) is 0 Å². The lowest BCUT2D eigenvalue weighted by Gasteiger charge is -2.19. The Kier molecular flexibility index (Phi) is 5.74. The number of aliphatic hydroxyl groups is 1. The Labute approximate surface area is 125 Å². The summed E-state index contributed by atoms with van der Waals surface area (Å²) in [7, 11) is 0. The van der Waals surface area contributed by atoms with E-state index in [4.69, 9.17) is 5.11 Å². The quantitative estimate of drug-likeness (QED) is 0.876. The van der Waals surface area contributed by atoms with Crippen molar-refractivity contribution in [2.24, 2.45) is 5.92 Å².